The van der Waals surface area contributed by atoms with Gasteiger partial charge in [-0.1, -0.05) is 63.7 Å². The van der Waals surface area contributed by atoms with E-state index in [0.717, 1.165) is 5.56 Å². The summed E-state index contributed by atoms with van der Waals surface area (Å²) in [5, 5.41) is 0. The van der Waals surface area contributed by atoms with E-state index in [1.165, 1.54) is 11.6 Å². The van der Waals surface area contributed by atoms with E-state index >= 15 is 4.39 Å². The summed E-state index contributed by atoms with van der Waals surface area (Å²) >= 11 is 0. The number of rotatable bonds is 7. The summed E-state index contributed by atoms with van der Waals surface area (Å²) in [6, 6.07) is 14.5. The third kappa shape index (κ3) is 7.10. The van der Waals surface area contributed by atoms with Gasteiger partial charge >= 0.3 is 0 Å². The van der Waals surface area contributed by atoms with Crippen LogP contribution >= 0.6 is 0 Å². The number of carbonyl (C=O) groups is 1. The minimum atomic E-state index is -0.485. The Balaban J connectivity index is 2.10. The lowest BCUT2D eigenvalue weighted by Gasteiger charge is -2.30. The molecule has 0 saturated carbocycles. The van der Waals surface area contributed by atoms with Gasteiger partial charge in [-0.15, -0.1) is 0 Å². The summed E-state index contributed by atoms with van der Waals surface area (Å²) in [4.78, 5) is 22.5. The molecule has 0 atom stereocenters. The minimum Gasteiger partial charge on any atom is -0.378 e. The molecule has 7 heteroatoms. The molecule has 0 aromatic heterocycles. The van der Waals surface area contributed by atoms with Crippen LogP contribution in [0.5, 0.6) is 0 Å². The third-order valence-corrected chi connectivity index (χ3v) is 6.62. The number of morpholine rings is 1. The van der Waals surface area contributed by atoms with Crippen LogP contribution in [0.3, 0.4) is 0 Å². The van der Waals surface area contributed by atoms with E-state index in [9.17, 15) is 4.79 Å². The molecular weight excluding hydrogens is 479 g/mol. The fourth-order valence-corrected chi connectivity index (χ4v) is 4.31. The maximum Gasteiger partial charge on any atom is 0.256 e. The van der Waals surface area contributed by atoms with Gasteiger partial charge in [-0.3, -0.25) is 4.79 Å². The number of guanidine groups is 1. The van der Waals surface area contributed by atoms with Gasteiger partial charge in [-0.2, -0.15) is 0 Å². The van der Waals surface area contributed by atoms with Gasteiger partial charge in [0.2, 0.25) is 0 Å². The second-order valence-corrected chi connectivity index (χ2v) is 11.0. The number of amides is 1. The predicted octanol–water partition coefficient (Wildman–Crippen LogP) is 5.49. The molecular formula is C31H41FN4O2. The zero-order chi connectivity index (χ0) is 28.0. The zero-order valence-electron chi connectivity index (χ0n) is 23.6. The van der Waals surface area contributed by atoms with Crippen LogP contribution in [-0.2, 0) is 21.5 Å². The number of nitrogens with zero attached hydrogens (tertiary/aromatic N) is 3. The van der Waals surface area contributed by atoms with E-state index in [0.29, 0.717) is 38.4 Å². The predicted molar refractivity (Wildman–Crippen MR) is 153 cm³/mol. The molecule has 2 aromatic carbocycles. The van der Waals surface area contributed by atoms with Crippen molar-refractivity contribution in [1.82, 2.24) is 9.80 Å². The Labute approximate surface area is 226 Å². The van der Waals surface area contributed by atoms with Gasteiger partial charge in [0, 0.05) is 31.2 Å². The third-order valence-electron chi connectivity index (χ3n) is 6.62. The quantitative estimate of drug-likeness (QED) is 0.227. The molecule has 204 valence electrons. The SMILES string of the molecule is C=C(C)/C(C(=O)N(Cc1ccc(C(C)(C)C)cc1)C(C)C)=C(\N=C(/N)N1CCOCC1)c1ccccc1F. The normalized spacial score (nSPS) is 15.4. The molecule has 0 spiro atoms. The van der Waals surface area contributed by atoms with Crippen LogP contribution in [-0.4, -0.2) is 54.0 Å². The van der Waals surface area contributed by atoms with Crippen molar-refractivity contribution in [2.75, 3.05) is 26.3 Å². The van der Waals surface area contributed by atoms with Gasteiger partial charge in [-0.05, 0) is 55.0 Å². The van der Waals surface area contributed by atoms with E-state index in [2.05, 4.69) is 56.6 Å². The second-order valence-electron chi connectivity index (χ2n) is 11.0. The Morgan fingerprint density at radius 1 is 1.13 bits per heavy atom. The van der Waals surface area contributed by atoms with Crippen molar-refractivity contribution >= 4 is 17.6 Å². The lowest BCUT2D eigenvalue weighted by Crippen LogP contribution is -2.44. The van der Waals surface area contributed by atoms with Crippen LogP contribution in [0.4, 0.5) is 4.39 Å². The molecule has 0 bridgehead atoms. The standard InChI is InChI=1S/C31H41FN4O2/c1-21(2)27(29(37)36(22(3)4)20-23-12-14-24(15-13-23)31(5,6)7)28(25-10-8-9-11-26(25)32)34-30(33)35-16-18-38-19-17-35/h8-15,22H,1,16-20H2,2-7H3,(H2,33,34)/b28-27+. The average molecular weight is 521 g/mol. The van der Waals surface area contributed by atoms with Crippen molar-refractivity contribution < 1.29 is 13.9 Å². The Kier molecular flexibility index (Phi) is 9.50. The van der Waals surface area contributed by atoms with Crippen molar-refractivity contribution in [3.8, 4) is 0 Å². The fraction of sp³-hybridized carbons (Fsp3) is 0.419. The van der Waals surface area contributed by atoms with Gasteiger partial charge in [-0.25, -0.2) is 9.38 Å². The molecule has 0 aliphatic carbocycles. The molecule has 1 amide bonds. The summed E-state index contributed by atoms with van der Waals surface area (Å²) in [5.41, 5.74) is 9.77. The van der Waals surface area contributed by atoms with E-state index < -0.39 is 5.82 Å². The van der Waals surface area contributed by atoms with Gasteiger partial charge in [0.05, 0.1) is 24.5 Å². The van der Waals surface area contributed by atoms with Crippen LogP contribution in [0.1, 0.15) is 58.2 Å². The van der Waals surface area contributed by atoms with Crippen LogP contribution in [0.2, 0.25) is 0 Å². The fourth-order valence-electron chi connectivity index (χ4n) is 4.31. The molecule has 1 aliphatic heterocycles. The minimum absolute atomic E-state index is 0.0367. The molecule has 2 N–H and O–H groups in total. The molecule has 3 rings (SSSR count). The maximum absolute atomic E-state index is 15.1. The number of carbonyl (C=O) groups excluding carboxylic acids is 1. The van der Waals surface area contributed by atoms with Crippen LogP contribution in [0.15, 0.2) is 71.2 Å². The Morgan fingerprint density at radius 3 is 2.26 bits per heavy atom. The molecule has 1 heterocycles. The van der Waals surface area contributed by atoms with E-state index in [4.69, 9.17) is 10.5 Å². The molecule has 1 aliphatic rings. The monoisotopic (exact) mass is 520 g/mol. The number of ether oxygens (including phenoxy) is 1. The number of nitrogens with two attached hydrogens (primary N) is 1. The highest BCUT2D eigenvalue weighted by Crippen LogP contribution is 2.30. The average Bonchev–Trinajstić information content (AvgIpc) is 2.87. The lowest BCUT2D eigenvalue weighted by molar-refractivity contribution is -0.129. The van der Waals surface area contributed by atoms with Crippen LogP contribution in [0.25, 0.3) is 5.70 Å². The highest BCUT2D eigenvalue weighted by molar-refractivity contribution is 6.06. The topological polar surface area (TPSA) is 71.2 Å². The van der Waals surface area contributed by atoms with E-state index in [1.54, 1.807) is 30.0 Å². The van der Waals surface area contributed by atoms with Gasteiger partial charge in [0.1, 0.15) is 5.82 Å². The van der Waals surface area contributed by atoms with E-state index in [1.807, 2.05) is 18.7 Å². The smallest absolute Gasteiger partial charge is 0.256 e. The first kappa shape index (κ1) is 29.1. The number of benzene rings is 2. The summed E-state index contributed by atoms with van der Waals surface area (Å²) in [5.74, 6) is -0.544. The lowest BCUT2D eigenvalue weighted by atomic mass is 9.86. The second kappa shape index (κ2) is 12.4. The first-order valence-electron chi connectivity index (χ1n) is 13.1. The van der Waals surface area contributed by atoms with Gasteiger partial charge in [0.15, 0.2) is 5.96 Å². The van der Waals surface area contributed by atoms with E-state index in [-0.39, 0.29) is 40.2 Å². The van der Waals surface area contributed by atoms with Crippen LogP contribution < -0.4 is 5.73 Å². The summed E-state index contributed by atoms with van der Waals surface area (Å²) in [6.07, 6.45) is 0. The van der Waals surface area contributed by atoms with Gasteiger partial charge < -0.3 is 20.3 Å². The largest absolute Gasteiger partial charge is 0.378 e. The summed E-state index contributed by atoms with van der Waals surface area (Å²) in [6.45, 7) is 18.8. The molecule has 1 fully saturated rings. The maximum atomic E-state index is 15.1. The first-order valence-corrected chi connectivity index (χ1v) is 13.1. The first-order chi connectivity index (χ1) is 17.9. The Hall–Kier alpha value is -3.45. The highest BCUT2D eigenvalue weighted by Gasteiger charge is 2.27. The number of halogens is 1. The molecule has 0 unspecified atom stereocenters. The van der Waals surface area contributed by atoms with Crippen LogP contribution in [0, 0.1) is 5.82 Å². The number of hydrogen-bond acceptors (Lipinski definition) is 3. The summed E-state index contributed by atoms with van der Waals surface area (Å²) < 4.78 is 20.6. The Morgan fingerprint density at radius 2 is 1.74 bits per heavy atom. The number of aliphatic imine (C=N–C) groups is 1. The Bertz CT molecular complexity index is 1200. The number of hydrogen-bond donors (Lipinski definition) is 1. The molecule has 6 nitrogen and oxygen atoms in total. The van der Waals surface area contributed by atoms with Crippen molar-refractivity contribution in [3.05, 3.63) is 88.8 Å². The summed E-state index contributed by atoms with van der Waals surface area (Å²) in [7, 11) is 0. The van der Waals surface area contributed by atoms with Crippen molar-refractivity contribution in [2.24, 2.45) is 10.7 Å². The van der Waals surface area contributed by atoms with Crippen molar-refractivity contribution in [3.63, 3.8) is 0 Å². The highest BCUT2D eigenvalue weighted by atomic mass is 19.1. The van der Waals surface area contributed by atoms with Crippen molar-refractivity contribution in [2.45, 2.75) is 59.5 Å². The van der Waals surface area contributed by atoms with Gasteiger partial charge in [0.25, 0.3) is 5.91 Å². The zero-order valence-corrected chi connectivity index (χ0v) is 23.6. The molecule has 2 aromatic rings. The molecule has 1 saturated heterocycles. The molecule has 38 heavy (non-hydrogen) atoms. The van der Waals surface area contributed by atoms with Crippen molar-refractivity contribution in [1.29, 1.82) is 0 Å². The molecule has 0 radical (unpaired) electrons.